The fourth-order valence-corrected chi connectivity index (χ4v) is 2.76. The van der Waals surface area contributed by atoms with Crippen LogP contribution in [0.5, 0.6) is 5.75 Å². The number of amides is 1. The van der Waals surface area contributed by atoms with E-state index in [1.165, 1.54) is 0 Å². The van der Waals surface area contributed by atoms with Crippen LogP contribution in [0.1, 0.15) is 18.4 Å². The van der Waals surface area contributed by atoms with Gasteiger partial charge in [0, 0.05) is 33.4 Å². The second-order valence-electron chi connectivity index (χ2n) is 5.93. The molecule has 0 spiro atoms. The Bertz CT molecular complexity index is 504. The van der Waals surface area contributed by atoms with Crippen LogP contribution in [0.15, 0.2) is 24.3 Å². The molecule has 1 heterocycles. The average Bonchev–Trinajstić information content (AvgIpc) is 3.11. The molecule has 0 radical (unpaired) electrons. The van der Waals surface area contributed by atoms with Gasteiger partial charge in [0.2, 0.25) is 5.91 Å². The Morgan fingerprint density at radius 3 is 3.00 bits per heavy atom. The number of carbonyl (C=O) groups excluding carboxylic acids is 1. The summed E-state index contributed by atoms with van der Waals surface area (Å²) >= 11 is 0. The number of rotatable bonds is 10. The minimum absolute atomic E-state index is 0.0735. The van der Waals surface area contributed by atoms with Crippen LogP contribution in [0.4, 0.5) is 0 Å². The molecule has 1 aliphatic rings. The minimum Gasteiger partial charge on any atom is -0.497 e. The molecule has 2 rings (SSSR count). The van der Waals surface area contributed by atoms with E-state index in [9.17, 15) is 4.79 Å². The molecule has 1 atom stereocenters. The second kappa shape index (κ2) is 10.3. The monoisotopic (exact) mass is 336 g/mol. The van der Waals surface area contributed by atoms with Crippen molar-refractivity contribution >= 4 is 5.91 Å². The fraction of sp³-hybridized carbons (Fsp3) is 0.611. The number of hydrogen-bond acceptors (Lipinski definition) is 5. The smallest absolute Gasteiger partial charge is 0.236 e. The Kier molecular flexibility index (Phi) is 8.01. The molecule has 1 amide bonds. The zero-order valence-electron chi connectivity index (χ0n) is 14.6. The molecule has 1 N–H and O–H groups in total. The van der Waals surface area contributed by atoms with Gasteiger partial charge >= 0.3 is 0 Å². The lowest BCUT2D eigenvalue weighted by molar-refractivity contribution is -0.132. The molecule has 0 aromatic heterocycles. The Labute approximate surface area is 144 Å². The maximum atomic E-state index is 12.6. The normalized spacial score (nSPS) is 17.0. The highest BCUT2D eigenvalue weighted by Crippen LogP contribution is 2.17. The molecule has 24 heavy (non-hydrogen) atoms. The summed E-state index contributed by atoms with van der Waals surface area (Å²) in [6, 6.07) is 7.83. The van der Waals surface area contributed by atoms with E-state index < -0.39 is 0 Å². The third-order valence-electron chi connectivity index (χ3n) is 4.07. The lowest BCUT2D eigenvalue weighted by Crippen LogP contribution is -2.42. The minimum atomic E-state index is 0.0735. The van der Waals surface area contributed by atoms with Crippen molar-refractivity contribution in [2.75, 3.05) is 47.1 Å². The molecule has 0 aliphatic carbocycles. The van der Waals surface area contributed by atoms with E-state index in [4.69, 9.17) is 14.2 Å². The molecule has 1 fully saturated rings. The van der Waals surface area contributed by atoms with E-state index in [1.807, 2.05) is 29.2 Å². The number of nitrogens with zero attached hydrogens (tertiary/aromatic N) is 1. The first-order valence-corrected chi connectivity index (χ1v) is 8.45. The molecule has 0 saturated carbocycles. The predicted molar refractivity (Wildman–Crippen MR) is 92.1 cm³/mol. The van der Waals surface area contributed by atoms with Gasteiger partial charge in [-0.2, -0.15) is 0 Å². The van der Waals surface area contributed by atoms with Crippen molar-refractivity contribution in [2.45, 2.75) is 25.5 Å². The summed E-state index contributed by atoms with van der Waals surface area (Å²) in [6.07, 6.45) is 2.22. The predicted octanol–water partition coefficient (Wildman–Crippen LogP) is 1.44. The third kappa shape index (κ3) is 6.11. The SMILES string of the molecule is COCCNCC(=O)N(Cc1cccc(OC)c1)CC1CCCO1. The topological polar surface area (TPSA) is 60.0 Å². The van der Waals surface area contributed by atoms with E-state index >= 15 is 0 Å². The molecule has 0 bridgehead atoms. The summed E-state index contributed by atoms with van der Waals surface area (Å²) in [5.41, 5.74) is 1.05. The molecule has 1 aliphatic heterocycles. The van der Waals surface area contributed by atoms with E-state index in [1.54, 1.807) is 14.2 Å². The first kappa shape index (κ1) is 18.7. The van der Waals surface area contributed by atoms with Crippen LogP contribution >= 0.6 is 0 Å². The van der Waals surface area contributed by atoms with Gasteiger partial charge in [-0.15, -0.1) is 0 Å². The van der Waals surface area contributed by atoms with Crippen LogP contribution in [0.25, 0.3) is 0 Å². The average molecular weight is 336 g/mol. The molecule has 1 unspecified atom stereocenters. The van der Waals surface area contributed by atoms with Crippen LogP contribution in [-0.4, -0.2) is 64.0 Å². The lowest BCUT2D eigenvalue weighted by atomic mass is 10.1. The highest BCUT2D eigenvalue weighted by Gasteiger charge is 2.22. The van der Waals surface area contributed by atoms with Crippen molar-refractivity contribution in [3.8, 4) is 5.75 Å². The Morgan fingerprint density at radius 1 is 1.42 bits per heavy atom. The van der Waals surface area contributed by atoms with Gasteiger partial charge in [-0.3, -0.25) is 4.79 Å². The van der Waals surface area contributed by atoms with Gasteiger partial charge < -0.3 is 24.4 Å². The largest absolute Gasteiger partial charge is 0.497 e. The van der Waals surface area contributed by atoms with E-state index in [2.05, 4.69) is 5.32 Å². The summed E-state index contributed by atoms with van der Waals surface area (Å²) in [5, 5.41) is 3.12. The maximum absolute atomic E-state index is 12.6. The van der Waals surface area contributed by atoms with Crippen molar-refractivity contribution in [3.05, 3.63) is 29.8 Å². The van der Waals surface area contributed by atoms with Crippen LogP contribution in [-0.2, 0) is 20.8 Å². The molecule has 1 aromatic rings. The van der Waals surface area contributed by atoms with Gasteiger partial charge in [0.15, 0.2) is 0 Å². The van der Waals surface area contributed by atoms with Gasteiger partial charge in [0.1, 0.15) is 5.75 Å². The van der Waals surface area contributed by atoms with Crippen molar-refractivity contribution < 1.29 is 19.0 Å². The Morgan fingerprint density at radius 2 is 2.29 bits per heavy atom. The summed E-state index contributed by atoms with van der Waals surface area (Å²) in [6.45, 7) is 3.53. The van der Waals surface area contributed by atoms with Crippen LogP contribution in [0, 0.1) is 0 Å². The number of nitrogens with one attached hydrogen (secondary N) is 1. The van der Waals surface area contributed by atoms with E-state index in [0.29, 0.717) is 32.8 Å². The third-order valence-corrected chi connectivity index (χ3v) is 4.07. The molecule has 134 valence electrons. The van der Waals surface area contributed by atoms with Crippen molar-refractivity contribution in [1.82, 2.24) is 10.2 Å². The lowest BCUT2D eigenvalue weighted by Gasteiger charge is -2.26. The summed E-state index contributed by atoms with van der Waals surface area (Å²) < 4.78 is 16.0. The van der Waals surface area contributed by atoms with Gasteiger partial charge in [-0.1, -0.05) is 12.1 Å². The number of hydrogen-bond donors (Lipinski definition) is 1. The first-order chi connectivity index (χ1) is 11.7. The van der Waals surface area contributed by atoms with Crippen molar-refractivity contribution in [1.29, 1.82) is 0 Å². The van der Waals surface area contributed by atoms with E-state index in [0.717, 1.165) is 30.8 Å². The number of methoxy groups -OCH3 is 2. The van der Waals surface area contributed by atoms with Crippen LogP contribution in [0.2, 0.25) is 0 Å². The Hall–Kier alpha value is -1.63. The first-order valence-electron chi connectivity index (χ1n) is 8.45. The molecular formula is C18H28N2O4. The molecule has 1 saturated heterocycles. The zero-order valence-corrected chi connectivity index (χ0v) is 14.6. The highest BCUT2D eigenvalue weighted by atomic mass is 16.5. The molecule has 6 nitrogen and oxygen atoms in total. The zero-order chi connectivity index (χ0) is 17.2. The molecular weight excluding hydrogens is 308 g/mol. The number of carbonyl (C=O) groups is 1. The van der Waals surface area contributed by atoms with Crippen LogP contribution < -0.4 is 10.1 Å². The summed E-state index contributed by atoms with van der Waals surface area (Å²) in [4.78, 5) is 14.5. The molecule has 1 aromatic carbocycles. The number of ether oxygens (including phenoxy) is 3. The van der Waals surface area contributed by atoms with Gasteiger partial charge in [0.05, 0.1) is 26.4 Å². The summed E-state index contributed by atoms with van der Waals surface area (Å²) in [7, 11) is 3.30. The molecule has 6 heteroatoms. The van der Waals surface area contributed by atoms with Gasteiger partial charge in [-0.05, 0) is 30.5 Å². The maximum Gasteiger partial charge on any atom is 0.236 e. The summed E-state index contributed by atoms with van der Waals surface area (Å²) in [5.74, 6) is 0.875. The fourth-order valence-electron chi connectivity index (χ4n) is 2.76. The highest BCUT2D eigenvalue weighted by molar-refractivity contribution is 5.78. The van der Waals surface area contributed by atoms with Crippen LogP contribution in [0.3, 0.4) is 0 Å². The standard InChI is InChI=1S/C18H28N2O4/c1-22-10-8-19-12-18(21)20(14-17-7-4-9-24-17)13-15-5-3-6-16(11-15)23-2/h3,5-6,11,17,19H,4,7-10,12-14H2,1-2H3. The van der Waals surface area contributed by atoms with Gasteiger partial charge in [-0.25, -0.2) is 0 Å². The van der Waals surface area contributed by atoms with E-state index in [-0.39, 0.29) is 12.0 Å². The van der Waals surface area contributed by atoms with Crippen molar-refractivity contribution in [2.24, 2.45) is 0 Å². The van der Waals surface area contributed by atoms with Crippen molar-refractivity contribution in [3.63, 3.8) is 0 Å². The quantitative estimate of drug-likeness (QED) is 0.655. The van der Waals surface area contributed by atoms with Gasteiger partial charge in [0.25, 0.3) is 0 Å². The number of benzene rings is 1. The second-order valence-corrected chi connectivity index (χ2v) is 5.93. The Balaban J connectivity index is 1.96.